The highest BCUT2D eigenvalue weighted by Crippen LogP contribution is 2.24. The molecule has 0 N–H and O–H groups in total. The number of hydrogen-bond donors (Lipinski definition) is 0. The van der Waals surface area contributed by atoms with Gasteiger partial charge in [0, 0.05) is 6.42 Å². The number of carbonyl (C=O) groups excluding carboxylic acids is 1. The van der Waals surface area contributed by atoms with Gasteiger partial charge in [-0.25, -0.2) is 0 Å². The summed E-state index contributed by atoms with van der Waals surface area (Å²) in [6.07, 6.45) is 1.90. The topological polar surface area (TPSA) is 51.4 Å². The van der Waals surface area contributed by atoms with E-state index in [-0.39, 0.29) is 18.2 Å². The zero-order chi connectivity index (χ0) is 9.26. The summed E-state index contributed by atoms with van der Waals surface area (Å²) in [6.45, 7) is 3.25. The molecule has 0 amide bonds. The molecule has 2 saturated heterocycles. The van der Waals surface area contributed by atoms with Crippen molar-refractivity contribution in [3.63, 3.8) is 0 Å². The maximum Gasteiger partial charge on any atom is 0.308 e. The highest BCUT2D eigenvalue weighted by Gasteiger charge is 2.36. The molecule has 74 valence electrons. The van der Waals surface area contributed by atoms with E-state index in [4.69, 9.17) is 14.2 Å². The second kappa shape index (κ2) is 3.64. The zero-order valence-electron chi connectivity index (χ0n) is 7.69. The van der Waals surface area contributed by atoms with E-state index in [0.717, 1.165) is 13.0 Å². The summed E-state index contributed by atoms with van der Waals surface area (Å²) in [4.78, 5) is 11.1. The monoisotopic (exact) mass is 186 g/mol. The lowest BCUT2D eigenvalue weighted by molar-refractivity contribution is -0.144. The Hall–Kier alpha value is -0.610. The molecule has 0 saturated carbocycles. The predicted molar refractivity (Wildman–Crippen MR) is 44.3 cm³/mol. The summed E-state index contributed by atoms with van der Waals surface area (Å²) >= 11 is 0. The normalized spacial score (nSPS) is 35.6. The Kier molecular flexibility index (Phi) is 2.51. The minimum Gasteiger partial charge on any atom is -0.465 e. The van der Waals surface area contributed by atoms with Gasteiger partial charge >= 0.3 is 5.97 Å². The van der Waals surface area contributed by atoms with Crippen molar-refractivity contribution >= 4 is 5.97 Å². The van der Waals surface area contributed by atoms with Gasteiger partial charge in [-0.2, -0.15) is 0 Å². The lowest BCUT2D eigenvalue weighted by Crippen LogP contribution is -2.10. The third kappa shape index (κ3) is 2.97. The van der Waals surface area contributed by atoms with Crippen LogP contribution in [0.4, 0.5) is 0 Å². The van der Waals surface area contributed by atoms with Crippen LogP contribution in [0.1, 0.15) is 19.8 Å². The molecule has 0 aromatic heterocycles. The molecule has 0 radical (unpaired) electrons. The van der Waals surface area contributed by atoms with Crippen LogP contribution in [0.5, 0.6) is 0 Å². The Morgan fingerprint density at radius 3 is 2.85 bits per heavy atom. The first-order valence-electron chi connectivity index (χ1n) is 4.68. The van der Waals surface area contributed by atoms with E-state index in [1.807, 2.05) is 6.92 Å². The van der Waals surface area contributed by atoms with Gasteiger partial charge in [0.15, 0.2) is 0 Å². The second-order valence-electron chi connectivity index (χ2n) is 3.55. The highest BCUT2D eigenvalue weighted by atomic mass is 16.6. The van der Waals surface area contributed by atoms with Gasteiger partial charge in [-0.3, -0.25) is 4.79 Å². The smallest absolute Gasteiger partial charge is 0.308 e. The fraction of sp³-hybridized carbons (Fsp3) is 0.889. The van der Waals surface area contributed by atoms with Gasteiger partial charge in [-0.1, -0.05) is 0 Å². The standard InChI is InChI=1S/C9H14O4/c1-6-8(13-6)4-9(10)11-3-2-7-5-12-7/h6-8H,2-5H2,1H3. The van der Waals surface area contributed by atoms with E-state index in [9.17, 15) is 4.79 Å². The molecule has 0 spiro atoms. The molecule has 0 aromatic rings. The summed E-state index contributed by atoms with van der Waals surface area (Å²) in [7, 11) is 0. The molecule has 3 atom stereocenters. The molecule has 4 heteroatoms. The van der Waals surface area contributed by atoms with Crippen LogP contribution in [-0.2, 0) is 19.0 Å². The molecule has 0 aliphatic carbocycles. The first-order chi connectivity index (χ1) is 6.25. The van der Waals surface area contributed by atoms with Gasteiger partial charge < -0.3 is 14.2 Å². The van der Waals surface area contributed by atoms with Crippen molar-refractivity contribution in [3.05, 3.63) is 0 Å². The van der Waals surface area contributed by atoms with Crippen LogP contribution in [-0.4, -0.2) is 37.5 Å². The molecule has 2 rings (SSSR count). The van der Waals surface area contributed by atoms with Crippen LogP contribution in [0.25, 0.3) is 0 Å². The molecule has 13 heavy (non-hydrogen) atoms. The van der Waals surface area contributed by atoms with Crippen molar-refractivity contribution in [2.45, 2.75) is 38.1 Å². The van der Waals surface area contributed by atoms with E-state index in [0.29, 0.717) is 19.1 Å². The Morgan fingerprint density at radius 2 is 2.31 bits per heavy atom. The third-order valence-electron chi connectivity index (χ3n) is 2.31. The molecule has 2 fully saturated rings. The van der Waals surface area contributed by atoms with E-state index < -0.39 is 0 Å². The Bertz CT molecular complexity index is 200. The van der Waals surface area contributed by atoms with Crippen molar-refractivity contribution in [2.75, 3.05) is 13.2 Å². The lowest BCUT2D eigenvalue weighted by Gasteiger charge is -2.00. The van der Waals surface area contributed by atoms with Crippen LogP contribution in [0, 0.1) is 0 Å². The molecule has 4 nitrogen and oxygen atoms in total. The van der Waals surface area contributed by atoms with Crippen LogP contribution >= 0.6 is 0 Å². The number of ether oxygens (including phenoxy) is 3. The molecule has 3 unspecified atom stereocenters. The minimum absolute atomic E-state index is 0.102. The van der Waals surface area contributed by atoms with Crippen LogP contribution < -0.4 is 0 Å². The molecule has 2 aliphatic rings. The number of carbonyl (C=O) groups is 1. The Balaban J connectivity index is 1.50. The van der Waals surface area contributed by atoms with Crippen molar-refractivity contribution in [1.82, 2.24) is 0 Å². The van der Waals surface area contributed by atoms with E-state index in [1.54, 1.807) is 0 Å². The first kappa shape index (κ1) is 8.97. The molecule has 2 heterocycles. The maximum absolute atomic E-state index is 11.1. The van der Waals surface area contributed by atoms with Gasteiger partial charge in [0.2, 0.25) is 0 Å². The van der Waals surface area contributed by atoms with Gasteiger partial charge in [0.25, 0.3) is 0 Å². The van der Waals surface area contributed by atoms with Crippen LogP contribution in [0.15, 0.2) is 0 Å². The van der Waals surface area contributed by atoms with Crippen molar-refractivity contribution in [1.29, 1.82) is 0 Å². The summed E-state index contributed by atoms with van der Waals surface area (Å²) < 4.78 is 15.1. The second-order valence-corrected chi connectivity index (χ2v) is 3.55. The lowest BCUT2D eigenvalue weighted by atomic mass is 10.2. The first-order valence-corrected chi connectivity index (χ1v) is 4.68. The molecule has 0 bridgehead atoms. The summed E-state index contributed by atoms with van der Waals surface area (Å²) in [5.41, 5.74) is 0. The highest BCUT2D eigenvalue weighted by molar-refractivity contribution is 5.70. The Morgan fingerprint density at radius 1 is 1.62 bits per heavy atom. The molecular weight excluding hydrogens is 172 g/mol. The van der Waals surface area contributed by atoms with Crippen LogP contribution in [0.2, 0.25) is 0 Å². The van der Waals surface area contributed by atoms with Crippen molar-refractivity contribution in [2.24, 2.45) is 0 Å². The largest absolute Gasteiger partial charge is 0.465 e. The number of hydrogen-bond acceptors (Lipinski definition) is 4. The fourth-order valence-corrected chi connectivity index (χ4v) is 1.21. The number of esters is 1. The average Bonchev–Trinajstić information content (AvgIpc) is 2.93. The Labute approximate surface area is 77.1 Å². The molecule has 2 aliphatic heterocycles. The third-order valence-corrected chi connectivity index (χ3v) is 2.31. The van der Waals surface area contributed by atoms with Crippen molar-refractivity contribution < 1.29 is 19.0 Å². The van der Waals surface area contributed by atoms with E-state index in [1.165, 1.54) is 0 Å². The van der Waals surface area contributed by atoms with Gasteiger partial charge in [0.05, 0.1) is 37.9 Å². The zero-order valence-corrected chi connectivity index (χ0v) is 7.69. The SMILES string of the molecule is CC1OC1CC(=O)OCCC1CO1. The van der Waals surface area contributed by atoms with Gasteiger partial charge in [-0.05, 0) is 6.92 Å². The average molecular weight is 186 g/mol. The summed E-state index contributed by atoms with van der Waals surface area (Å²) in [5, 5.41) is 0. The molecular formula is C9H14O4. The van der Waals surface area contributed by atoms with Gasteiger partial charge in [0.1, 0.15) is 0 Å². The van der Waals surface area contributed by atoms with E-state index in [2.05, 4.69) is 0 Å². The quantitative estimate of drug-likeness (QED) is 0.463. The van der Waals surface area contributed by atoms with Crippen molar-refractivity contribution in [3.8, 4) is 0 Å². The fourth-order valence-electron chi connectivity index (χ4n) is 1.21. The van der Waals surface area contributed by atoms with Gasteiger partial charge in [-0.15, -0.1) is 0 Å². The minimum atomic E-state index is -0.157. The summed E-state index contributed by atoms with van der Waals surface area (Å²) in [5.74, 6) is -0.157. The predicted octanol–water partition coefficient (Wildman–Crippen LogP) is 0.496. The number of rotatable bonds is 5. The van der Waals surface area contributed by atoms with E-state index >= 15 is 0 Å². The molecule has 0 aromatic carbocycles. The maximum atomic E-state index is 11.1. The summed E-state index contributed by atoms with van der Waals surface area (Å²) in [6, 6.07) is 0. The van der Waals surface area contributed by atoms with Crippen LogP contribution in [0.3, 0.4) is 0 Å². The number of epoxide rings is 2.